The third-order valence-electron chi connectivity index (χ3n) is 5.00. The Labute approximate surface area is 147 Å². The minimum atomic E-state index is 0.169. The van der Waals surface area contributed by atoms with Crippen LogP contribution in [0.25, 0.3) is 11.8 Å². The molecule has 0 unspecified atom stereocenters. The van der Waals surface area contributed by atoms with E-state index in [9.17, 15) is 5.11 Å². The molecule has 2 aliphatic heterocycles. The van der Waals surface area contributed by atoms with Crippen molar-refractivity contribution >= 4 is 11.8 Å². The molecule has 0 bridgehead atoms. The molecule has 130 valence electrons. The van der Waals surface area contributed by atoms with Crippen LogP contribution < -0.4 is 14.2 Å². The summed E-state index contributed by atoms with van der Waals surface area (Å²) in [5.41, 5.74) is 5.63. The Morgan fingerprint density at radius 2 is 1.80 bits per heavy atom. The van der Waals surface area contributed by atoms with Gasteiger partial charge in [-0.3, -0.25) is 0 Å². The molecule has 1 N–H and O–H groups in total. The van der Waals surface area contributed by atoms with Crippen LogP contribution in [0.3, 0.4) is 0 Å². The minimum absolute atomic E-state index is 0.169. The van der Waals surface area contributed by atoms with E-state index >= 15 is 0 Å². The van der Waals surface area contributed by atoms with Gasteiger partial charge in [0.15, 0.2) is 23.0 Å². The molecule has 0 atom stereocenters. The van der Waals surface area contributed by atoms with E-state index in [1.54, 1.807) is 27.4 Å². The van der Waals surface area contributed by atoms with E-state index in [0.29, 0.717) is 5.75 Å². The number of ether oxygens (including phenoxy) is 3. The highest BCUT2D eigenvalue weighted by Crippen LogP contribution is 2.44. The summed E-state index contributed by atoms with van der Waals surface area (Å²) in [6.45, 7) is 1.67. The Balaban J connectivity index is 1.86. The van der Waals surface area contributed by atoms with Crippen LogP contribution in [0, 0.1) is 0 Å². The maximum Gasteiger partial charge on any atom is 0.166 e. The molecule has 0 saturated heterocycles. The summed E-state index contributed by atoms with van der Waals surface area (Å²) in [4.78, 5) is 2.32. The van der Waals surface area contributed by atoms with Gasteiger partial charge in [0.25, 0.3) is 0 Å². The van der Waals surface area contributed by atoms with Gasteiger partial charge in [0.2, 0.25) is 0 Å². The van der Waals surface area contributed by atoms with Crippen LogP contribution in [0.1, 0.15) is 22.3 Å². The van der Waals surface area contributed by atoms with E-state index < -0.39 is 0 Å². The number of aromatic hydroxyl groups is 1. The number of methoxy groups -OCH3 is 3. The first-order valence-corrected chi connectivity index (χ1v) is 8.27. The molecule has 2 aliphatic rings. The lowest BCUT2D eigenvalue weighted by atomic mass is 9.90. The monoisotopic (exact) mass is 339 g/mol. The minimum Gasteiger partial charge on any atom is -0.504 e. The fraction of sp³-hybridized carbons (Fsp3) is 0.300. The third-order valence-corrected chi connectivity index (χ3v) is 5.00. The average molecular weight is 339 g/mol. The smallest absolute Gasteiger partial charge is 0.166 e. The molecular weight excluding hydrogens is 318 g/mol. The number of hydrogen-bond acceptors (Lipinski definition) is 5. The number of rotatable bonds is 3. The summed E-state index contributed by atoms with van der Waals surface area (Å²) in [6, 6.07) is 7.73. The Kier molecular flexibility index (Phi) is 3.71. The largest absolute Gasteiger partial charge is 0.504 e. The van der Waals surface area contributed by atoms with Crippen molar-refractivity contribution in [2.45, 2.75) is 13.0 Å². The first kappa shape index (κ1) is 15.7. The van der Waals surface area contributed by atoms with Gasteiger partial charge in [0.05, 0.1) is 21.3 Å². The maximum absolute atomic E-state index is 10.2. The summed E-state index contributed by atoms with van der Waals surface area (Å²) in [6.07, 6.45) is 3.07. The normalized spacial score (nSPS) is 14.8. The van der Waals surface area contributed by atoms with Gasteiger partial charge in [-0.05, 0) is 41.8 Å². The van der Waals surface area contributed by atoms with Crippen LogP contribution in [0.5, 0.6) is 23.0 Å². The molecule has 5 heteroatoms. The van der Waals surface area contributed by atoms with E-state index in [4.69, 9.17) is 14.2 Å². The topological polar surface area (TPSA) is 51.2 Å². The molecule has 0 spiro atoms. The van der Waals surface area contributed by atoms with Gasteiger partial charge in [-0.25, -0.2) is 0 Å². The van der Waals surface area contributed by atoms with Crippen molar-refractivity contribution < 1.29 is 19.3 Å². The van der Waals surface area contributed by atoms with Crippen molar-refractivity contribution in [1.29, 1.82) is 0 Å². The van der Waals surface area contributed by atoms with Crippen LogP contribution in [-0.2, 0) is 13.0 Å². The van der Waals surface area contributed by atoms with Crippen molar-refractivity contribution in [2.24, 2.45) is 0 Å². The van der Waals surface area contributed by atoms with Gasteiger partial charge in [-0.2, -0.15) is 0 Å². The van der Waals surface area contributed by atoms with Crippen LogP contribution in [0.4, 0.5) is 0 Å². The summed E-state index contributed by atoms with van der Waals surface area (Å²) < 4.78 is 16.3. The van der Waals surface area contributed by atoms with E-state index in [1.165, 1.54) is 5.56 Å². The van der Waals surface area contributed by atoms with E-state index in [-0.39, 0.29) is 5.75 Å². The molecule has 0 radical (unpaired) electrons. The predicted octanol–water partition coefficient (Wildman–Crippen LogP) is 3.29. The summed E-state index contributed by atoms with van der Waals surface area (Å²) in [5.74, 6) is 2.23. The van der Waals surface area contributed by atoms with Crippen molar-refractivity contribution in [3.8, 4) is 23.0 Å². The second-order valence-corrected chi connectivity index (χ2v) is 6.25. The fourth-order valence-corrected chi connectivity index (χ4v) is 3.74. The van der Waals surface area contributed by atoms with Gasteiger partial charge in [0.1, 0.15) is 0 Å². The molecule has 5 nitrogen and oxygen atoms in total. The second-order valence-electron chi connectivity index (χ2n) is 6.25. The van der Waals surface area contributed by atoms with Gasteiger partial charge in [-0.1, -0.05) is 6.07 Å². The number of fused-ring (bicyclic) bond motifs is 4. The van der Waals surface area contributed by atoms with Crippen molar-refractivity contribution in [3.05, 3.63) is 46.5 Å². The zero-order chi connectivity index (χ0) is 17.6. The zero-order valence-corrected chi connectivity index (χ0v) is 14.6. The lowest BCUT2D eigenvalue weighted by molar-refractivity contribution is 0.333. The van der Waals surface area contributed by atoms with Gasteiger partial charge >= 0.3 is 0 Å². The van der Waals surface area contributed by atoms with Gasteiger partial charge in [0, 0.05) is 29.9 Å². The summed E-state index contributed by atoms with van der Waals surface area (Å²) in [7, 11) is 4.90. The number of hydrogen-bond donors (Lipinski definition) is 1. The molecule has 4 rings (SSSR count). The van der Waals surface area contributed by atoms with Crippen LogP contribution in [0.2, 0.25) is 0 Å². The molecular formula is C20H21NO4. The summed E-state index contributed by atoms with van der Waals surface area (Å²) in [5, 5.41) is 10.2. The van der Waals surface area contributed by atoms with E-state index in [0.717, 1.165) is 53.4 Å². The molecule has 0 saturated carbocycles. The number of phenols is 1. The number of phenolic OH excluding ortho intramolecular Hbond substituents is 1. The van der Waals surface area contributed by atoms with Crippen molar-refractivity contribution in [2.75, 3.05) is 27.9 Å². The zero-order valence-electron chi connectivity index (χ0n) is 14.6. The second kappa shape index (κ2) is 5.92. The highest BCUT2D eigenvalue weighted by atomic mass is 16.5. The van der Waals surface area contributed by atoms with Crippen molar-refractivity contribution in [3.63, 3.8) is 0 Å². The molecule has 2 aromatic carbocycles. The van der Waals surface area contributed by atoms with Crippen LogP contribution in [0.15, 0.2) is 24.3 Å². The van der Waals surface area contributed by atoms with Crippen molar-refractivity contribution in [1.82, 2.24) is 4.90 Å². The maximum atomic E-state index is 10.2. The summed E-state index contributed by atoms with van der Waals surface area (Å²) >= 11 is 0. The molecule has 2 aromatic rings. The first-order valence-electron chi connectivity index (χ1n) is 8.27. The first-order chi connectivity index (χ1) is 12.2. The van der Waals surface area contributed by atoms with E-state index in [2.05, 4.69) is 17.0 Å². The molecule has 0 aliphatic carbocycles. The van der Waals surface area contributed by atoms with E-state index in [1.807, 2.05) is 12.1 Å². The molecule has 2 heterocycles. The SMILES string of the molecule is COc1cc2c(cc1O)C1=Cc3ccc(OC)c(OC)c3CN1CC2. The number of benzene rings is 2. The van der Waals surface area contributed by atoms with Gasteiger partial charge < -0.3 is 24.2 Å². The predicted molar refractivity (Wildman–Crippen MR) is 96.2 cm³/mol. The quantitative estimate of drug-likeness (QED) is 0.930. The Hall–Kier alpha value is -2.82. The van der Waals surface area contributed by atoms with Crippen LogP contribution >= 0.6 is 0 Å². The third kappa shape index (κ3) is 2.38. The Morgan fingerprint density at radius 3 is 2.52 bits per heavy atom. The molecule has 0 aromatic heterocycles. The molecule has 25 heavy (non-hydrogen) atoms. The lowest BCUT2D eigenvalue weighted by Gasteiger charge is -2.37. The highest BCUT2D eigenvalue weighted by molar-refractivity contribution is 5.87. The van der Waals surface area contributed by atoms with Crippen LogP contribution in [-0.4, -0.2) is 37.9 Å². The average Bonchev–Trinajstić information content (AvgIpc) is 2.65. The molecule has 0 fully saturated rings. The molecule has 0 amide bonds. The highest BCUT2D eigenvalue weighted by Gasteiger charge is 2.29. The standard InChI is InChI=1S/C20H21NO4/c1-23-18-5-4-12-8-16-14-10-17(22)19(24-2)9-13(14)6-7-21(16)11-15(12)20(18)25-3/h4-5,8-10,22H,6-7,11H2,1-3H3. The van der Waals surface area contributed by atoms with Gasteiger partial charge in [-0.15, -0.1) is 0 Å². The number of nitrogens with zero attached hydrogens (tertiary/aromatic N) is 1. The Bertz CT molecular complexity index is 872. The fourth-order valence-electron chi connectivity index (χ4n) is 3.74. The lowest BCUT2D eigenvalue weighted by Crippen LogP contribution is -2.31. The Morgan fingerprint density at radius 1 is 1.00 bits per heavy atom.